The van der Waals surface area contributed by atoms with Crippen LogP contribution < -0.4 is 15.8 Å². The first-order chi connectivity index (χ1) is 10.2. The van der Waals surface area contributed by atoms with Crippen LogP contribution in [0.25, 0.3) is 10.2 Å². The molecule has 3 N–H and O–H groups in total. The van der Waals surface area contributed by atoms with Gasteiger partial charge in [-0.2, -0.15) is 10.2 Å². The van der Waals surface area contributed by atoms with Crippen LogP contribution in [0, 0.1) is 0 Å². The average Bonchev–Trinajstić information content (AvgIpc) is 2.89. The van der Waals surface area contributed by atoms with Crippen LogP contribution in [-0.2, 0) is 0 Å². The lowest BCUT2D eigenvalue weighted by Gasteiger charge is -2.01. The van der Waals surface area contributed by atoms with Crippen LogP contribution in [0.5, 0.6) is 5.75 Å². The Morgan fingerprint density at radius 2 is 2.24 bits per heavy atom. The highest BCUT2D eigenvalue weighted by atomic mass is 32.1. The maximum absolute atomic E-state index is 12.0. The Bertz CT molecular complexity index is 803. The third-order valence-corrected chi connectivity index (χ3v) is 3.69. The highest BCUT2D eigenvalue weighted by Gasteiger charge is 2.13. The minimum Gasteiger partial charge on any atom is -0.494 e. The Kier molecular flexibility index (Phi) is 3.36. The number of thiazole rings is 1. The van der Waals surface area contributed by atoms with Crippen molar-refractivity contribution in [2.75, 3.05) is 18.2 Å². The van der Waals surface area contributed by atoms with Crippen LogP contribution in [0.4, 0.5) is 10.8 Å². The Morgan fingerprint density at radius 1 is 1.38 bits per heavy atom. The van der Waals surface area contributed by atoms with E-state index in [0.717, 1.165) is 4.70 Å². The molecule has 2 heterocycles. The lowest BCUT2D eigenvalue weighted by Crippen LogP contribution is -2.11. The fraction of sp³-hybridized carbons (Fsp3) is 0.0769. The van der Waals surface area contributed by atoms with E-state index in [4.69, 9.17) is 10.5 Å². The number of nitrogens with zero attached hydrogens (tertiary/aromatic N) is 3. The summed E-state index contributed by atoms with van der Waals surface area (Å²) < 4.78 is 6.09. The molecule has 8 heteroatoms. The summed E-state index contributed by atoms with van der Waals surface area (Å²) in [6.45, 7) is 0. The number of methoxy groups -OCH3 is 1. The van der Waals surface area contributed by atoms with E-state index in [-0.39, 0.29) is 5.91 Å². The molecule has 0 saturated carbocycles. The summed E-state index contributed by atoms with van der Waals surface area (Å²) in [5.41, 5.74) is 7.46. The molecule has 21 heavy (non-hydrogen) atoms. The normalized spacial score (nSPS) is 10.5. The first-order valence-corrected chi connectivity index (χ1v) is 6.81. The minimum atomic E-state index is -0.295. The smallest absolute Gasteiger partial charge is 0.259 e. The predicted octanol–water partition coefficient (Wildman–Crippen LogP) is 1.93. The van der Waals surface area contributed by atoms with Gasteiger partial charge in [-0.3, -0.25) is 10.1 Å². The Balaban J connectivity index is 1.93. The number of carbonyl (C=O) groups excluding carboxylic acids is 1. The lowest BCUT2D eigenvalue weighted by molar-refractivity contribution is 0.102. The molecule has 0 fully saturated rings. The first-order valence-electron chi connectivity index (χ1n) is 5.99. The van der Waals surface area contributed by atoms with Gasteiger partial charge in [0.2, 0.25) is 0 Å². The van der Waals surface area contributed by atoms with Crippen LogP contribution in [0.3, 0.4) is 0 Å². The van der Waals surface area contributed by atoms with Crippen LogP contribution in [0.1, 0.15) is 10.4 Å². The Morgan fingerprint density at radius 3 is 2.95 bits per heavy atom. The molecule has 0 atom stereocenters. The molecule has 0 aliphatic rings. The van der Waals surface area contributed by atoms with E-state index >= 15 is 0 Å². The second-order valence-corrected chi connectivity index (χ2v) is 5.20. The van der Waals surface area contributed by atoms with Gasteiger partial charge >= 0.3 is 0 Å². The summed E-state index contributed by atoms with van der Waals surface area (Å²) in [5.74, 6) is 0.281. The van der Waals surface area contributed by atoms with Gasteiger partial charge in [-0.15, -0.1) is 0 Å². The first kappa shape index (κ1) is 13.3. The van der Waals surface area contributed by atoms with E-state index in [9.17, 15) is 4.79 Å². The third-order valence-electron chi connectivity index (χ3n) is 2.77. The van der Waals surface area contributed by atoms with Crippen molar-refractivity contribution in [2.45, 2.75) is 0 Å². The number of amides is 1. The summed E-state index contributed by atoms with van der Waals surface area (Å²) in [5, 5.41) is 10.5. The molecule has 3 aromatic rings. The summed E-state index contributed by atoms with van der Waals surface area (Å²) in [6.07, 6.45) is 2.85. The topological polar surface area (TPSA) is 103 Å². The number of rotatable bonds is 3. The lowest BCUT2D eigenvalue weighted by atomic mass is 10.3. The van der Waals surface area contributed by atoms with Crippen LogP contribution in [0.2, 0.25) is 0 Å². The van der Waals surface area contributed by atoms with Gasteiger partial charge in [0, 0.05) is 11.8 Å². The van der Waals surface area contributed by atoms with Crippen molar-refractivity contribution in [1.82, 2.24) is 15.2 Å². The zero-order valence-corrected chi connectivity index (χ0v) is 11.8. The molecule has 106 valence electrons. The maximum atomic E-state index is 12.0. The molecular weight excluding hydrogens is 290 g/mol. The number of hydrogen-bond donors (Lipinski definition) is 2. The van der Waals surface area contributed by atoms with E-state index in [1.807, 2.05) is 0 Å². The van der Waals surface area contributed by atoms with Crippen molar-refractivity contribution in [1.29, 1.82) is 0 Å². The van der Waals surface area contributed by atoms with Gasteiger partial charge in [0.15, 0.2) is 5.13 Å². The summed E-state index contributed by atoms with van der Waals surface area (Å²) in [6, 6.07) is 5.06. The zero-order valence-electron chi connectivity index (χ0n) is 11.0. The standard InChI is InChI=1S/C13H11N5O2S/c1-20-9-4-8(14)5-10-11(9)17-13(21-10)18-12(19)7-2-3-15-16-6-7/h2-6H,14H2,1H3,(H,17,18,19). The fourth-order valence-electron chi connectivity index (χ4n) is 1.82. The number of carbonyl (C=O) groups is 1. The van der Waals surface area contributed by atoms with Crippen molar-refractivity contribution < 1.29 is 9.53 Å². The number of fused-ring (bicyclic) bond motifs is 1. The number of anilines is 2. The monoisotopic (exact) mass is 301 g/mol. The van der Waals surface area contributed by atoms with E-state index in [2.05, 4.69) is 20.5 Å². The maximum Gasteiger partial charge on any atom is 0.259 e. The van der Waals surface area contributed by atoms with Crippen molar-refractivity contribution in [3.63, 3.8) is 0 Å². The van der Waals surface area contributed by atoms with Crippen molar-refractivity contribution in [3.8, 4) is 5.75 Å². The molecule has 0 spiro atoms. The molecule has 0 unspecified atom stereocenters. The number of nitrogen functional groups attached to an aromatic ring is 1. The van der Waals surface area contributed by atoms with Gasteiger partial charge in [-0.05, 0) is 12.1 Å². The highest BCUT2D eigenvalue weighted by molar-refractivity contribution is 7.22. The predicted molar refractivity (Wildman–Crippen MR) is 80.6 cm³/mol. The van der Waals surface area contributed by atoms with E-state index in [0.29, 0.717) is 27.6 Å². The van der Waals surface area contributed by atoms with E-state index in [1.165, 1.54) is 23.7 Å². The number of benzene rings is 1. The van der Waals surface area contributed by atoms with Crippen LogP contribution >= 0.6 is 11.3 Å². The van der Waals surface area contributed by atoms with Gasteiger partial charge in [0.05, 0.1) is 29.8 Å². The number of hydrogen-bond acceptors (Lipinski definition) is 7. The SMILES string of the molecule is COc1cc(N)cc2sc(NC(=O)c3ccnnc3)nc12. The van der Waals surface area contributed by atoms with Gasteiger partial charge in [-0.25, -0.2) is 4.98 Å². The largest absolute Gasteiger partial charge is 0.494 e. The molecule has 1 amide bonds. The zero-order chi connectivity index (χ0) is 14.8. The fourth-order valence-corrected chi connectivity index (χ4v) is 2.75. The van der Waals surface area contributed by atoms with E-state index in [1.54, 1.807) is 25.3 Å². The second kappa shape index (κ2) is 5.33. The van der Waals surface area contributed by atoms with Crippen molar-refractivity contribution >= 4 is 38.3 Å². The van der Waals surface area contributed by atoms with E-state index < -0.39 is 0 Å². The summed E-state index contributed by atoms with van der Waals surface area (Å²) in [4.78, 5) is 16.4. The minimum absolute atomic E-state index is 0.295. The highest BCUT2D eigenvalue weighted by Crippen LogP contribution is 2.34. The quantitative estimate of drug-likeness (QED) is 0.716. The number of nitrogens with one attached hydrogen (secondary N) is 1. The third kappa shape index (κ3) is 2.61. The molecule has 1 aromatic carbocycles. The molecule has 0 aliphatic heterocycles. The van der Waals surface area contributed by atoms with Gasteiger partial charge < -0.3 is 10.5 Å². The molecule has 3 rings (SSSR count). The molecule has 0 radical (unpaired) electrons. The number of aromatic nitrogens is 3. The van der Waals surface area contributed by atoms with Gasteiger partial charge in [0.1, 0.15) is 11.3 Å². The van der Waals surface area contributed by atoms with Crippen molar-refractivity contribution in [3.05, 3.63) is 36.2 Å². The summed E-state index contributed by atoms with van der Waals surface area (Å²) >= 11 is 1.32. The Labute approximate surface area is 123 Å². The molecule has 2 aromatic heterocycles. The van der Waals surface area contributed by atoms with Crippen LogP contribution in [0.15, 0.2) is 30.6 Å². The number of ether oxygens (including phenoxy) is 1. The van der Waals surface area contributed by atoms with Crippen LogP contribution in [-0.4, -0.2) is 28.2 Å². The molecular formula is C13H11N5O2S. The second-order valence-electron chi connectivity index (χ2n) is 4.17. The average molecular weight is 301 g/mol. The molecule has 0 aliphatic carbocycles. The van der Waals surface area contributed by atoms with Gasteiger partial charge in [0.25, 0.3) is 5.91 Å². The molecule has 0 saturated heterocycles. The molecule has 0 bridgehead atoms. The molecule has 7 nitrogen and oxygen atoms in total. The van der Waals surface area contributed by atoms with Gasteiger partial charge in [-0.1, -0.05) is 11.3 Å². The number of nitrogens with two attached hydrogens (primary N) is 1. The van der Waals surface area contributed by atoms with Crippen molar-refractivity contribution in [2.24, 2.45) is 0 Å². The Hall–Kier alpha value is -2.74. The summed E-state index contributed by atoms with van der Waals surface area (Å²) in [7, 11) is 1.55.